The van der Waals surface area contributed by atoms with Crippen LogP contribution < -0.4 is 5.32 Å². The molecule has 2 aromatic rings. The molecule has 1 saturated carbocycles. The molecular weight excluding hydrogens is 250 g/mol. The summed E-state index contributed by atoms with van der Waals surface area (Å²) in [6.07, 6.45) is 5.60. The first kappa shape index (κ1) is 13.6. The highest BCUT2D eigenvalue weighted by Crippen LogP contribution is 2.42. The zero-order chi connectivity index (χ0) is 14.2. The van der Waals surface area contributed by atoms with Crippen molar-refractivity contribution in [2.75, 3.05) is 6.61 Å². The SMILES string of the molecule is CCOC1CC(NCc2cn3ccccc3n2)C1(C)C. The summed E-state index contributed by atoms with van der Waals surface area (Å²) >= 11 is 0. The van der Waals surface area contributed by atoms with E-state index in [2.05, 4.69) is 41.7 Å². The molecule has 0 saturated heterocycles. The molecule has 0 amide bonds. The maximum absolute atomic E-state index is 5.76. The number of ether oxygens (including phenoxy) is 1. The van der Waals surface area contributed by atoms with Gasteiger partial charge in [-0.05, 0) is 25.5 Å². The molecule has 0 aromatic carbocycles. The molecule has 20 heavy (non-hydrogen) atoms. The Morgan fingerprint density at radius 1 is 1.45 bits per heavy atom. The Kier molecular flexibility index (Phi) is 3.52. The van der Waals surface area contributed by atoms with Crippen molar-refractivity contribution in [3.63, 3.8) is 0 Å². The predicted octanol–water partition coefficient (Wildman–Crippen LogP) is 2.63. The number of rotatable bonds is 5. The molecule has 0 bridgehead atoms. The van der Waals surface area contributed by atoms with Crippen molar-refractivity contribution in [3.8, 4) is 0 Å². The van der Waals surface area contributed by atoms with Gasteiger partial charge in [-0.1, -0.05) is 19.9 Å². The normalized spacial score (nSPS) is 24.8. The monoisotopic (exact) mass is 273 g/mol. The molecule has 1 fully saturated rings. The van der Waals surface area contributed by atoms with Gasteiger partial charge >= 0.3 is 0 Å². The molecule has 2 heterocycles. The van der Waals surface area contributed by atoms with Crippen LogP contribution in [0.3, 0.4) is 0 Å². The van der Waals surface area contributed by atoms with Crippen LogP contribution in [0.25, 0.3) is 5.65 Å². The van der Waals surface area contributed by atoms with Gasteiger partial charge in [-0.25, -0.2) is 4.98 Å². The zero-order valence-corrected chi connectivity index (χ0v) is 12.5. The zero-order valence-electron chi connectivity index (χ0n) is 12.5. The van der Waals surface area contributed by atoms with Crippen molar-refractivity contribution in [3.05, 3.63) is 36.3 Å². The molecule has 2 unspecified atom stereocenters. The number of nitrogens with zero attached hydrogens (tertiary/aromatic N) is 2. The minimum absolute atomic E-state index is 0.204. The van der Waals surface area contributed by atoms with E-state index in [0.717, 1.165) is 30.9 Å². The van der Waals surface area contributed by atoms with Gasteiger partial charge < -0.3 is 14.5 Å². The number of hydrogen-bond donors (Lipinski definition) is 1. The first-order valence-electron chi connectivity index (χ1n) is 7.39. The largest absolute Gasteiger partial charge is 0.378 e. The van der Waals surface area contributed by atoms with Gasteiger partial charge in [-0.3, -0.25) is 0 Å². The third kappa shape index (κ3) is 2.34. The minimum atomic E-state index is 0.204. The summed E-state index contributed by atoms with van der Waals surface area (Å²) in [5.74, 6) is 0. The molecule has 2 atom stereocenters. The molecular formula is C16H23N3O. The van der Waals surface area contributed by atoms with Gasteiger partial charge in [0.15, 0.2) is 0 Å². The van der Waals surface area contributed by atoms with Gasteiger partial charge in [0.05, 0.1) is 11.8 Å². The first-order valence-corrected chi connectivity index (χ1v) is 7.39. The molecule has 4 heteroatoms. The van der Waals surface area contributed by atoms with Crippen molar-refractivity contribution in [1.29, 1.82) is 0 Å². The summed E-state index contributed by atoms with van der Waals surface area (Å²) in [6, 6.07) is 6.57. The van der Waals surface area contributed by atoms with Gasteiger partial charge in [0.25, 0.3) is 0 Å². The Hall–Kier alpha value is -1.39. The fraction of sp³-hybridized carbons (Fsp3) is 0.562. The third-order valence-electron chi connectivity index (χ3n) is 4.49. The van der Waals surface area contributed by atoms with Crippen molar-refractivity contribution >= 4 is 5.65 Å². The van der Waals surface area contributed by atoms with Crippen LogP contribution in [-0.2, 0) is 11.3 Å². The van der Waals surface area contributed by atoms with Crippen molar-refractivity contribution < 1.29 is 4.74 Å². The summed E-state index contributed by atoms with van der Waals surface area (Å²) in [4.78, 5) is 4.62. The predicted molar refractivity (Wildman–Crippen MR) is 79.6 cm³/mol. The number of hydrogen-bond acceptors (Lipinski definition) is 3. The van der Waals surface area contributed by atoms with E-state index in [4.69, 9.17) is 4.74 Å². The van der Waals surface area contributed by atoms with Crippen LogP contribution in [0.1, 0.15) is 32.9 Å². The molecule has 2 aromatic heterocycles. The molecule has 0 aliphatic heterocycles. The van der Waals surface area contributed by atoms with Gasteiger partial charge in [-0.2, -0.15) is 0 Å². The van der Waals surface area contributed by atoms with E-state index in [1.54, 1.807) is 0 Å². The summed E-state index contributed by atoms with van der Waals surface area (Å²) in [6.45, 7) is 8.23. The molecule has 108 valence electrons. The molecule has 4 nitrogen and oxygen atoms in total. The van der Waals surface area contributed by atoms with E-state index in [1.165, 1.54) is 0 Å². The van der Waals surface area contributed by atoms with E-state index >= 15 is 0 Å². The summed E-state index contributed by atoms with van der Waals surface area (Å²) in [5, 5.41) is 3.62. The van der Waals surface area contributed by atoms with Gasteiger partial charge in [-0.15, -0.1) is 0 Å². The Balaban J connectivity index is 1.60. The van der Waals surface area contributed by atoms with Gasteiger partial charge in [0, 0.05) is 37.0 Å². The van der Waals surface area contributed by atoms with Crippen LogP contribution in [-0.4, -0.2) is 28.1 Å². The van der Waals surface area contributed by atoms with Gasteiger partial charge in [0.1, 0.15) is 5.65 Å². The second-order valence-corrected chi connectivity index (χ2v) is 6.13. The molecule has 1 aliphatic carbocycles. The number of nitrogens with one attached hydrogen (secondary N) is 1. The average Bonchev–Trinajstić information content (AvgIpc) is 2.84. The van der Waals surface area contributed by atoms with Crippen LogP contribution >= 0.6 is 0 Å². The highest BCUT2D eigenvalue weighted by molar-refractivity contribution is 5.39. The van der Waals surface area contributed by atoms with Crippen LogP contribution in [0.2, 0.25) is 0 Å². The molecule has 0 spiro atoms. The maximum Gasteiger partial charge on any atom is 0.137 e. The topological polar surface area (TPSA) is 38.6 Å². The lowest BCUT2D eigenvalue weighted by Crippen LogP contribution is -2.60. The van der Waals surface area contributed by atoms with Crippen LogP contribution in [0.15, 0.2) is 30.6 Å². The molecule has 1 N–H and O–H groups in total. The maximum atomic E-state index is 5.76. The number of imidazole rings is 1. The lowest BCUT2D eigenvalue weighted by molar-refractivity contribution is -0.114. The third-order valence-corrected chi connectivity index (χ3v) is 4.49. The standard InChI is InChI=1S/C16H23N3O/c1-4-20-14-9-13(16(14,2)3)17-10-12-11-19-8-6-5-7-15(19)18-12/h5-8,11,13-14,17H,4,9-10H2,1-3H3. The number of pyridine rings is 1. The van der Waals surface area contributed by atoms with Crippen LogP contribution in [0.4, 0.5) is 0 Å². The highest BCUT2D eigenvalue weighted by Gasteiger charge is 2.48. The lowest BCUT2D eigenvalue weighted by atomic mass is 9.64. The first-order chi connectivity index (χ1) is 9.61. The van der Waals surface area contributed by atoms with Crippen LogP contribution in [0, 0.1) is 5.41 Å². The van der Waals surface area contributed by atoms with E-state index in [1.807, 2.05) is 24.4 Å². The minimum Gasteiger partial charge on any atom is -0.378 e. The van der Waals surface area contributed by atoms with Crippen LogP contribution in [0.5, 0.6) is 0 Å². The Bertz CT molecular complexity index is 557. The highest BCUT2D eigenvalue weighted by atomic mass is 16.5. The average molecular weight is 273 g/mol. The Labute approximate surface area is 120 Å². The second kappa shape index (κ2) is 5.19. The lowest BCUT2D eigenvalue weighted by Gasteiger charge is -2.51. The summed E-state index contributed by atoms with van der Waals surface area (Å²) in [5.41, 5.74) is 2.30. The van der Waals surface area contributed by atoms with E-state index in [9.17, 15) is 0 Å². The second-order valence-electron chi connectivity index (χ2n) is 6.13. The van der Waals surface area contributed by atoms with Crippen molar-refractivity contribution in [1.82, 2.24) is 14.7 Å². The quantitative estimate of drug-likeness (QED) is 0.910. The van der Waals surface area contributed by atoms with Crippen molar-refractivity contribution in [2.45, 2.75) is 45.9 Å². The summed E-state index contributed by atoms with van der Waals surface area (Å²) < 4.78 is 7.83. The molecule has 0 radical (unpaired) electrons. The van der Waals surface area contributed by atoms with E-state index < -0.39 is 0 Å². The van der Waals surface area contributed by atoms with Crippen molar-refractivity contribution in [2.24, 2.45) is 5.41 Å². The number of aromatic nitrogens is 2. The molecule has 1 aliphatic rings. The number of fused-ring (bicyclic) bond motifs is 1. The summed E-state index contributed by atoms with van der Waals surface area (Å²) in [7, 11) is 0. The Morgan fingerprint density at radius 3 is 3.00 bits per heavy atom. The fourth-order valence-corrected chi connectivity index (χ4v) is 3.02. The van der Waals surface area contributed by atoms with E-state index in [-0.39, 0.29) is 5.41 Å². The fourth-order valence-electron chi connectivity index (χ4n) is 3.02. The Morgan fingerprint density at radius 2 is 2.30 bits per heavy atom. The molecule has 3 rings (SSSR count). The van der Waals surface area contributed by atoms with E-state index in [0.29, 0.717) is 12.1 Å². The van der Waals surface area contributed by atoms with Gasteiger partial charge in [0.2, 0.25) is 0 Å². The smallest absolute Gasteiger partial charge is 0.137 e.